The number of hydrogen-bond acceptors (Lipinski definition) is 4. The van der Waals surface area contributed by atoms with Gasteiger partial charge < -0.3 is 27.2 Å². The van der Waals surface area contributed by atoms with Gasteiger partial charge in [0.25, 0.3) is 0 Å². The molecule has 0 aliphatic heterocycles. The Morgan fingerprint density at radius 3 is 2.00 bits per heavy atom. The highest BCUT2D eigenvalue weighted by Crippen LogP contribution is 1.98. The first-order valence-corrected chi connectivity index (χ1v) is 3.44. The van der Waals surface area contributed by atoms with Gasteiger partial charge in [0, 0.05) is 6.54 Å². The number of hydrogen-bond donors (Lipinski definition) is 4. The fraction of sp³-hybridized carbons (Fsp3) is 0.833. The van der Waals surface area contributed by atoms with Crippen LogP contribution >= 0.6 is 24.8 Å². The zero-order chi connectivity index (χ0) is 8.85. The first kappa shape index (κ1) is 23.6. The summed E-state index contributed by atoms with van der Waals surface area (Å²) in [6.45, 7) is 0.145. The second-order valence-corrected chi connectivity index (χ2v) is 2.41. The second kappa shape index (κ2) is 12.9. The molecule has 0 aromatic heterocycles. The zero-order valence-electron chi connectivity index (χ0n) is 7.55. The van der Waals surface area contributed by atoms with E-state index in [1.165, 1.54) is 0 Å². The number of nitrogens with two attached hydrogens (primary N) is 2. The van der Waals surface area contributed by atoms with Gasteiger partial charge in [-0.3, -0.25) is 4.79 Å². The summed E-state index contributed by atoms with van der Waals surface area (Å²) in [7, 11) is 0. The normalized spacial score (nSPS) is 12.5. The Balaban J connectivity index is -0.000000167. The molecule has 0 radical (unpaired) electrons. The predicted molar refractivity (Wildman–Crippen MR) is 58.0 cm³/mol. The van der Waals surface area contributed by atoms with Crippen molar-refractivity contribution < 1.29 is 20.5 Å². The topological polar surface area (TPSA) is 141 Å². The van der Waals surface area contributed by atoms with Gasteiger partial charge in [-0.15, -0.1) is 24.8 Å². The maximum atomic E-state index is 10.2. The van der Waals surface area contributed by atoms with E-state index in [9.17, 15) is 4.79 Å². The number of carboxylic acid groups (broad SMARTS) is 1. The van der Waals surface area contributed by atoms with E-state index in [1.54, 1.807) is 0 Å². The summed E-state index contributed by atoms with van der Waals surface area (Å²) >= 11 is 0. The van der Waals surface area contributed by atoms with Gasteiger partial charge in [0.15, 0.2) is 0 Å². The summed E-state index contributed by atoms with van der Waals surface area (Å²) in [6.07, 6.45) is -0.0436. The molecule has 0 unspecified atom stereocenters. The van der Waals surface area contributed by atoms with Gasteiger partial charge in [0.2, 0.25) is 0 Å². The van der Waals surface area contributed by atoms with Crippen LogP contribution in [0.4, 0.5) is 0 Å². The van der Waals surface area contributed by atoms with Crippen LogP contribution < -0.4 is 11.5 Å². The van der Waals surface area contributed by atoms with Gasteiger partial charge in [0.1, 0.15) is 6.04 Å². The van der Waals surface area contributed by atoms with Gasteiger partial charge in [0.05, 0.1) is 6.10 Å². The number of rotatable bonds is 5. The molecule has 90 valence electrons. The van der Waals surface area contributed by atoms with Gasteiger partial charge in [-0.05, 0) is 12.8 Å². The molecule has 0 aliphatic carbocycles. The Hall–Kier alpha value is -0.110. The van der Waals surface area contributed by atoms with Gasteiger partial charge >= 0.3 is 5.97 Å². The molecule has 0 spiro atoms. The van der Waals surface area contributed by atoms with Crippen LogP contribution in [0.3, 0.4) is 0 Å². The summed E-state index contributed by atoms with van der Waals surface area (Å²) in [4.78, 5) is 10.2. The van der Waals surface area contributed by atoms with Crippen molar-refractivity contribution >= 4 is 30.8 Å². The third-order valence-corrected chi connectivity index (χ3v) is 1.40. The number of aliphatic hydroxyl groups excluding tert-OH is 1. The van der Waals surface area contributed by atoms with Crippen molar-refractivity contribution in [3.8, 4) is 0 Å². The molecule has 0 rings (SSSR count). The quantitative estimate of drug-likeness (QED) is 0.472. The highest BCUT2D eigenvalue weighted by atomic mass is 35.5. The van der Waals surface area contributed by atoms with E-state index in [4.69, 9.17) is 21.7 Å². The Morgan fingerprint density at radius 1 is 1.29 bits per heavy atom. The van der Waals surface area contributed by atoms with Crippen LogP contribution in [0.2, 0.25) is 0 Å². The van der Waals surface area contributed by atoms with E-state index in [0.717, 1.165) is 0 Å². The van der Waals surface area contributed by atoms with Gasteiger partial charge in [-0.2, -0.15) is 0 Å². The highest BCUT2D eigenvalue weighted by molar-refractivity contribution is 5.85. The number of halogens is 2. The molecule has 8 N–H and O–H groups in total. The van der Waals surface area contributed by atoms with Crippen molar-refractivity contribution in [3.05, 3.63) is 0 Å². The molecule has 14 heavy (non-hydrogen) atoms. The van der Waals surface area contributed by atoms with E-state index in [2.05, 4.69) is 0 Å². The second-order valence-electron chi connectivity index (χ2n) is 2.41. The maximum absolute atomic E-state index is 10.2. The average Bonchev–Trinajstić information content (AvgIpc) is 1.99. The van der Waals surface area contributed by atoms with Crippen LogP contribution in [-0.2, 0) is 4.79 Å². The summed E-state index contributed by atoms with van der Waals surface area (Å²) < 4.78 is 0. The van der Waals surface area contributed by atoms with Crippen LogP contribution in [-0.4, -0.2) is 40.3 Å². The first-order chi connectivity index (χ1) is 5.07. The molecule has 0 aromatic carbocycles. The monoisotopic (exact) mass is 252 g/mol. The molecule has 0 saturated carbocycles. The predicted octanol–water partition coefficient (Wildman–Crippen LogP) is -1.48. The van der Waals surface area contributed by atoms with Crippen molar-refractivity contribution in [1.29, 1.82) is 0 Å². The molecule has 0 aromatic rings. The molecule has 2 atom stereocenters. The van der Waals surface area contributed by atoms with Crippen LogP contribution in [0.25, 0.3) is 0 Å². The maximum Gasteiger partial charge on any atom is 0.320 e. The van der Waals surface area contributed by atoms with Crippen molar-refractivity contribution in [2.45, 2.75) is 25.0 Å². The first-order valence-electron chi connectivity index (χ1n) is 3.44. The van der Waals surface area contributed by atoms with Gasteiger partial charge in [-0.25, -0.2) is 0 Å². The van der Waals surface area contributed by atoms with Crippen molar-refractivity contribution in [2.75, 3.05) is 6.54 Å². The standard InChI is InChI=1S/C6H14N2O3.2ClH.H2O/c7-3-4(9)1-2-5(8)6(10)11;;;/h4-5,9H,1-3,7-8H2,(H,10,11);2*1H;1H2/t4-,5+;;;/m1.../s1. The lowest BCUT2D eigenvalue weighted by Crippen LogP contribution is -2.32. The van der Waals surface area contributed by atoms with E-state index in [-0.39, 0.29) is 43.3 Å². The number of carbonyl (C=O) groups is 1. The molecule has 0 heterocycles. The van der Waals surface area contributed by atoms with Crippen molar-refractivity contribution in [1.82, 2.24) is 0 Å². The molecule has 0 amide bonds. The Labute approximate surface area is 94.8 Å². The molecule has 8 heteroatoms. The number of aliphatic hydroxyl groups is 1. The third-order valence-electron chi connectivity index (χ3n) is 1.40. The summed E-state index contributed by atoms with van der Waals surface area (Å²) in [6, 6.07) is -0.892. The summed E-state index contributed by atoms with van der Waals surface area (Å²) in [5, 5.41) is 17.2. The lowest BCUT2D eigenvalue weighted by atomic mass is 10.1. The smallest absolute Gasteiger partial charge is 0.320 e. The fourth-order valence-corrected chi connectivity index (χ4v) is 0.613. The third kappa shape index (κ3) is 11.9. The molecular formula is C6H18Cl2N2O4. The molecular weight excluding hydrogens is 235 g/mol. The molecule has 0 saturated heterocycles. The number of aliphatic carboxylic acids is 1. The van der Waals surface area contributed by atoms with E-state index in [1.807, 2.05) is 0 Å². The van der Waals surface area contributed by atoms with E-state index < -0.39 is 18.1 Å². The van der Waals surface area contributed by atoms with Crippen LogP contribution in [0.5, 0.6) is 0 Å². The minimum absolute atomic E-state index is 0. The van der Waals surface area contributed by atoms with Crippen LogP contribution in [0, 0.1) is 0 Å². The minimum atomic E-state index is -1.05. The van der Waals surface area contributed by atoms with Crippen molar-refractivity contribution in [2.24, 2.45) is 11.5 Å². The largest absolute Gasteiger partial charge is 0.480 e. The molecule has 0 bridgehead atoms. The average molecular weight is 253 g/mol. The summed E-state index contributed by atoms with van der Waals surface area (Å²) in [5.74, 6) is -1.05. The Bertz CT molecular complexity index is 139. The Morgan fingerprint density at radius 2 is 1.71 bits per heavy atom. The van der Waals surface area contributed by atoms with Crippen LogP contribution in [0.1, 0.15) is 12.8 Å². The molecule has 6 nitrogen and oxygen atoms in total. The fourth-order valence-electron chi connectivity index (χ4n) is 0.613. The minimum Gasteiger partial charge on any atom is -0.480 e. The zero-order valence-corrected chi connectivity index (χ0v) is 9.18. The number of carboxylic acids is 1. The van der Waals surface area contributed by atoms with Crippen molar-refractivity contribution in [3.63, 3.8) is 0 Å². The molecule has 0 aliphatic rings. The summed E-state index contributed by atoms with van der Waals surface area (Å²) in [5.41, 5.74) is 10.3. The van der Waals surface area contributed by atoms with E-state index >= 15 is 0 Å². The lowest BCUT2D eigenvalue weighted by Gasteiger charge is -2.09. The lowest BCUT2D eigenvalue weighted by molar-refractivity contribution is -0.138. The van der Waals surface area contributed by atoms with E-state index in [0.29, 0.717) is 6.42 Å². The molecule has 0 fully saturated rings. The highest BCUT2D eigenvalue weighted by Gasteiger charge is 2.12. The SMILES string of the molecule is Cl.Cl.NC[C@H](O)CC[C@H](N)C(=O)O.O. The van der Waals surface area contributed by atoms with Gasteiger partial charge in [-0.1, -0.05) is 0 Å². The van der Waals surface area contributed by atoms with Crippen LogP contribution in [0.15, 0.2) is 0 Å². The Kier molecular flexibility index (Phi) is 21.7.